The van der Waals surface area contributed by atoms with Gasteiger partial charge in [0, 0.05) is 25.2 Å². The van der Waals surface area contributed by atoms with Gasteiger partial charge in [0.1, 0.15) is 0 Å². The molecule has 0 amide bonds. The SMILES string of the molecule is CCCCCCCOCC(O)CNC1CCC(C)C(N)C1. The number of hydrogen-bond donors (Lipinski definition) is 3. The molecule has 21 heavy (non-hydrogen) atoms. The molecule has 1 fully saturated rings. The number of hydrogen-bond acceptors (Lipinski definition) is 4. The highest BCUT2D eigenvalue weighted by molar-refractivity contribution is 4.84. The second-order valence-electron chi connectivity index (χ2n) is 6.70. The minimum absolute atomic E-state index is 0.299. The van der Waals surface area contributed by atoms with Crippen LogP contribution in [-0.4, -0.2) is 43.1 Å². The maximum atomic E-state index is 9.92. The Morgan fingerprint density at radius 3 is 2.71 bits per heavy atom. The van der Waals surface area contributed by atoms with Crippen LogP contribution in [0.3, 0.4) is 0 Å². The van der Waals surface area contributed by atoms with Crippen molar-refractivity contribution in [2.24, 2.45) is 11.7 Å². The van der Waals surface area contributed by atoms with E-state index in [0.29, 0.717) is 31.2 Å². The molecule has 0 bridgehead atoms. The summed E-state index contributed by atoms with van der Waals surface area (Å²) in [4.78, 5) is 0. The molecule has 126 valence electrons. The van der Waals surface area contributed by atoms with Gasteiger partial charge in [-0.25, -0.2) is 0 Å². The Balaban J connectivity index is 1.95. The molecule has 1 saturated carbocycles. The molecule has 0 heterocycles. The highest BCUT2D eigenvalue weighted by Gasteiger charge is 2.24. The lowest BCUT2D eigenvalue weighted by molar-refractivity contribution is 0.0330. The van der Waals surface area contributed by atoms with Gasteiger partial charge in [0.15, 0.2) is 0 Å². The van der Waals surface area contributed by atoms with Gasteiger partial charge in [0.05, 0.1) is 12.7 Å². The smallest absolute Gasteiger partial charge is 0.0897 e. The molecule has 4 atom stereocenters. The summed E-state index contributed by atoms with van der Waals surface area (Å²) in [5, 5.41) is 13.4. The van der Waals surface area contributed by atoms with Gasteiger partial charge in [-0.2, -0.15) is 0 Å². The average Bonchev–Trinajstić information content (AvgIpc) is 2.47. The Labute approximate surface area is 130 Å². The molecule has 0 spiro atoms. The van der Waals surface area contributed by atoms with E-state index < -0.39 is 6.10 Å². The van der Waals surface area contributed by atoms with Gasteiger partial charge in [-0.3, -0.25) is 0 Å². The Morgan fingerprint density at radius 2 is 2.00 bits per heavy atom. The fourth-order valence-electron chi connectivity index (χ4n) is 2.93. The van der Waals surface area contributed by atoms with Crippen LogP contribution in [0.15, 0.2) is 0 Å². The van der Waals surface area contributed by atoms with Crippen molar-refractivity contribution in [3.8, 4) is 0 Å². The van der Waals surface area contributed by atoms with Crippen molar-refractivity contribution in [2.45, 2.75) is 83.4 Å². The number of rotatable bonds is 11. The van der Waals surface area contributed by atoms with E-state index in [0.717, 1.165) is 19.4 Å². The van der Waals surface area contributed by atoms with Gasteiger partial charge in [-0.15, -0.1) is 0 Å². The number of ether oxygens (including phenoxy) is 1. The van der Waals surface area contributed by atoms with E-state index in [1.807, 2.05) is 0 Å². The molecule has 4 nitrogen and oxygen atoms in total. The molecule has 4 heteroatoms. The number of nitrogens with two attached hydrogens (primary N) is 1. The van der Waals surface area contributed by atoms with E-state index >= 15 is 0 Å². The molecule has 0 aliphatic heterocycles. The highest BCUT2D eigenvalue weighted by Crippen LogP contribution is 2.22. The maximum absolute atomic E-state index is 9.92. The average molecular weight is 300 g/mol. The summed E-state index contributed by atoms with van der Waals surface area (Å²) in [6.07, 6.45) is 9.19. The normalized spacial score (nSPS) is 27.7. The molecule has 1 rings (SSSR count). The van der Waals surface area contributed by atoms with E-state index in [1.165, 1.54) is 38.5 Å². The number of aliphatic hydroxyl groups is 1. The van der Waals surface area contributed by atoms with Gasteiger partial charge >= 0.3 is 0 Å². The van der Waals surface area contributed by atoms with Crippen molar-refractivity contribution < 1.29 is 9.84 Å². The standard InChI is InChI=1S/C17H36N2O2/c1-3-4-5-6-7-10-21-13-16(20)12-19-15-9-8-14(2)17(18)11-15/h14-17,19-20H,3-13,18H2,1-2H3. The van der Waals surface area contributed by atoms with Crippen molar-refractivity contribution >= 4 is 0 Å². The first kappa shape index (κ1) is 18.9. The highest BCUT2D eigenvalue weighted by atomic mass is 16.5. The van der Waals surface area contributed by atoms with Crippen LogP contribution in [0.1, 0.15) is 65.2 Å². The van der Waals surface area contributed by atoms with Gasteiger partial charge < -0.3 is 20.9 Å². The van der Waals surface area contributed by atoms with Crippen molar-refractivity contribution in [1.29, 1.82) is 0 Å². The molecule has 1 aliphatic carbocycles. The van der Waals surface area contributed by atoms with E-state index in [9.17, 15) is 5.11 Å². The minimum atomic E-state index is -0.406. The molecular weight excluding hydrogens is 264 g/mol. The van der Waals surface area contributed by atoms with Crippen molar-refractivity contribution in [3.63, 3.8) is 0 Å². The molecular formula is C17H36N2O2. The molecule has 1 aliphatic rings. The summed E-state index contributed by atoms with van der Waals surface area (Å²) in [7, 11) is 0. The largest absolute Gasteiger partial charge is 0.389 e. The fourth-order valence-corrected chi connectivity index (χ4v) is 2.93. The molecule has 0 aromatic carbocycles. The van der Waals surface area contributed by atoms with Crippen LogP contribution < -0.4 is 11.1 Å². The topological polar surface area (TPSA) is 67.5 Å². The summed E-state index contributed by atoms with van der Waals surface area (Å²) in [5.74, 6) is 0.629. The summed E-state index contributed by atoms with van der Waals surface area (Å²) < 4.78 is 5.54. The van der Waals surface area contributed by atoms with E-state index in [2.05, 4.69) is 19.2 Å². The zero-order valence-corrected chi connectivity index (χ0v) is 14.0. The van der Waals surface area contributed by atoms with Crippen molar-refractivity contribution in [3.05, 3.63) is 0 Å². The second kappa shape index (κ2) is 11.4. The first-order chi connectivity index (χ1) is 10.1. The monoisotopic (exact) mass is 300 g/mol. The van der Waals surface area contributed by atoms with Crippen LogP contribution in [0.2, 0.25) is 0 Å². The number of aliphatic hydroxyl groups excluding tert-OH is 1. The predicted molar refractivity (Wildman–Crippen MR) is 88.4 cm³/mol. The molecule has 0 aromatic heterocycles. The van der Waals surface area contributed by atoms with E-state index in [4.69, 9.17) is 10.5 Å². The first-order valence-electron chi connectivity index (χ1n) is 8.88. The lowest BCUT2D eigenvalue weighted by Crippen LogP contribution is -2.45. The van der Waals surface area contributed by atoms with Crippen LogP contribution in [0.25, 0.3) is 0 Å². The minimum Gasteiger partial charge on any atom is -0.389 e. The molecule has 0 aromatic rings. The maximum Gasteiger partial charge on any atom is 0.0897 e. The van der Waals surface area contributed by atoms with Crippen LogP contribution >= 0.6 is 0 Å². The lowest BCUT2D eigenvalue weighted by Gasteiger charge is -2.32. The second-order valence-corrected chi connectivity index (χ2v) is 6.70. The Bertz CT molecular complexity index is 251. The van der Waals surface area contributed by atoms with Crippen LogP contribution in [0.4, 0.5) is 0 Å². The molecule has 4 N–H and O–H groups in total. The van der Waals surface area contributed by atoms with Gasteiger partial charge in [0.2, 0.25) is 0 Å². The van der Waals surface area contributed by atoms with Crippen LogP contribution in [0.5, 0.6) is 0 Å². The van der Waals surface area contributed by atoms with Crippen LogP contribution in [-0.2, 0) is 4.74 Å². The van der Waals surface area contributed by atoms with E-state index in [1.54, 1.807) is 0 Å². The zero-order valence-electron chi connectivity index (χ0n) is 14.0. The van der Waals surface area contributed by atoms with E-state index in [-0.39, 0.29) is 0 Å². The van der Waals surface area contributed by atoms with Crippen LogP contribution in [0, 0.1) is 5.92 Å². The first-order valence-corrected chi connectivity index (χ1v) is 8.88. The number of nitrogens with one attached hydrogen (secondary N) is 1. The fraction of sp³-hybridized carbons (Fsp3) is 1.00. The molecule has 0 saturated heterocycles. The van der Waals surface area contributed by atoms with Crippen molar-refractivity contribution in [1.82, 2.24) is 5.32 Å². The Kier molecular flexibility index (Phi) is 10.3. The molecule has 4 unspecified atom stereocenters. The predicted octanol–water partition coefficient (Wildman–Crippen LogP) is 2.44. The quantitative estimate of drug-likeness (QED) is 0.513. The van der Waals surface area contributed by atoms with Crippen molar-refractivity contribution in [2.75, 3.05) is 19.8 Å². The summed E-state index contributed by atoms with van der Waals surface area (Å²) in [6, 6.07) is 0.757. The van der Waals surface area contributed by atoms with Gasteiger partial charge in [-0.1, -0.05) is 39.5 Å². The summed E-state index contributed by atoms with van der Waals surface area (Å²) in [6.45, 7) is 6.27. The lowest BCUT2D eigenvalue weighted by atomic mass is 9.83. The third kappa shape index (κ3) is 8.77. The third-order valence-corrected chi connectivity index (χ3v) is 4.60. The number of unbranched alkanes of at least 4 members (excludes halogenated alkanes) is 4. The molecule has 0 radical (unpaired) electrons. The zero-order chi connectivity index (χ0) is 15.5. The third-order valence-electron chi connectivity index (χ3n) is 4.60. The summed E-state index contributed by atoms with van der Waals surface area (Å²) in [5.41, 5.74) is 6.10. The van der Waals surface area contributed by atoms with Gasteiger partial charge in [0.25, 0.3) is 0 Å². The Hall–Kier alpha value is -0.160. The Morgan fingerprint density at radius 1 is 1.24 bits per heavy atom. The summed E-state index contributed by atoms with van der Waals surface area (Å²) >= 11 is 0. The van der Waals surface area contributed by atoms with Gasteiger partial charge in [-0.05, 0) is 31.6 Å².